The quantitative estimate of drug-likeness (QED) is 0.863. The molecule has 3 N–H and O–H groups in total. The van der Waals surface area contributed by atoms with Crippen molar-refractivity contribution in [3.8, 4) is 0 Å². The number of hydrogen-bond acceptors (Lipinski definition) is 2. The van der Waals surface area contributed by atoms with E-state index in [2.05, 4.69) is 5.32 Å². The molecule has 1 aromatic rings. The summed E-state index contributed by atoms with van der Waals surface area (Å²) in [6.07, 6.45) is 4.02. The number of nitrogens with one attached hydrogen (secondary N) is 1. The first-order valence-electron chi connectivity index (χ1n) is 6.09. The van der Waals surface area contributed by atoms with E-state index in [-0.39, 0.29) is 11.6 Å². The van der Waals surface area contributed by atoms with E-state index in [0.29, 0.717) is 0 Å². The van der Waals surface area contributed by atoms with Gasteiger partial charge in [-0.2, -0.15) is 0 Å². The molecule has 1 amide bonds. The summed E-state index contributed by atoms with van der Waals surface area (Å²) < 4.78 is 26.8. The van der Waals surface area contributed by atoms with Gasteiger partial charge in [-0.3, -0.25) is 10.1 Å². The lowest BCUT2D eigenvalue weighted by Crippen LogP contribution is -2.39. The van der Waals surface area contributed by atoms with Gasteiger partial charge in [-0.15, -0.1) is 0 Å². The second-order valence-electron chi connectivity index (χ2n) is 4.63. The first kappa shape index (κ1) is 13.0. The minimum Gasteiger partial charge on any atom is -0.368 e. The largest absolute Gasteiger partial charge is 0.368 e. The Hall–Kier alpha value is -1.49. The lowest BCUT2D eigenvalue weighted by Gasteiger charge is -2.21. The van der Waals surface area contributed by atoms with Crippen molar-refractivity contribution < 1.29 is 13.6 Å². The van der Waals surface area contributed by atoms with E-state index in [1.807, 2.05) is 0 Å². The smallest absolute Gasteiger partial charge is 0.239 e. The second kappa shape index (κ2) is 5.44. The Labute approximate surface area is 104 Å². The summed E-state index contributed by atoms with van der Waals surface area (Å²) in [4.78, 5) is 11.4. The standard InChI is InChI=1S/C13H16F2N2O/c14-10-7-3-6-9(11(10)15)12(13(16)18)17-8-4-1-2-5-8/h3,6-8,12,17H,1-2,4-5H2,(H2,16,18). The van der Waals surface area contributed by atoms with Crippen LogP contribution >= 0.6 is 0 Å². The summed E-state index contributed by atoms with van der Waals surface area (Å²) in [7, 11) is 0. The summed E-state index contributed by atoms with van der Waals surface area (Å²) in [6.45, 7) is 0. The van der Waals surface area contributed by atoms with E-state index in [1.54, 1.807) is 0 Å². The fourth-order valence-corrected chi connectivity index (χ4v) is 2.40. The molecular formula is C13H16F2N2O. The molecule has 98 valence electrons. The van der Waals surface area contributed by atoms with Crippen LogP contribution in [0.3, 0.4) is 0 Å². The molecule has 1 fully saturated rings. The summed E-state index contributed by atoms with van der Waals surface area (Å²) in [5.41, 5.74) is 5.26. The average Bonchev–Trinajstić information content (AvgIpc) is 2.83. The van der Waals surface area contributed by atoms with Crippen LogP contribution in [0, 0.1) is 11.6 Å². The molecule has 3 nitrogen and oxygen atoms in total. The molecule has 0 spiro atoms. The number of amides is 1. The highest BCUT2D eigenvalue weighted by molar-refractivity contribution is 5.81. The second-order valence-corrected chi connectivity index (χ2v) is 4.63. The van der Waals surface area contributed by atoms with Crippen LogP contribution in [0.25, 0.3) is 0 Å². The first-order chi connectivity index (χ1) is 8.59. The van der Waals surface area contributed by atoms with Crippen LogP contribution in [-0.2, 0) is 4.79 Å². The van der Waals surface area contributed by atoms with Crippen molar-refractivity contribution in [3.63, 3.8) is 0 Å². The van der Waals surface area contributed by atoms with Crippen molar-refractivity contribution in [1.29, 1.82) is 0 Å². The monoisotopic (exact) mass is 254 g/mol. The lowest BCUT2D eigenvalue weighted by molar-refractivity contribution is -0.120. The highest BCUT2D eigenvalue weighted by Crippen LogP contribution is 2.24. The normalized spacial score (nSPS) is 17.9. The summed E-state index contributed by atoms with van der Waals surface area (Å²) in [6, 6.07) is 2.95. The van der Waals surface area contributed by atoms with Crippen molar-refractivity contribution in [3.05, 3.63) is 35.4 Å². The maximum atomic E-state index is 13.7. The molecule has 0 saturated heterocycles. The third-order valence-corrected chi connectivity index (χ3v) is 3.33. The van der Waals surface area contributed by atoms with Crippen LogP contribution in [0.1, 0.15) is 37.3 Å². The molecule has 5 heteroatoms. The molecule has 1 aromatic carbocycles. The van der Waals surface area contributed by atoms with Crippen molar-refractivity contribution in [2.45, 2.75) is 37.8 Å². The predicted octanol–water partition coefficient (Wildman–Crippen LogP) is 2.02. The van der Waals surface area contributed by atoms with Crippen molar-refractivity contribution in [2.75, 3.05) is 0 Å². The maximum absolute atomic E-state index is 13.7. The SMILES string of the molecule is NC(=O)C(NC1CCCC1)c1cccc(F)c1F. The van der Waals surface area contributed by atoms with Gasteiger partial charge in [0.2, 0.25) is 5.91 Å². The van der Waals surface area contributed by atoms with Crippen molar-refractivity contribution >= 4 is 5.91 Å². The van der Waals surface area contributed by atoms with E-state index >= 15 is 0 Å². The molecule has 2 rings (SSSR count). The molecule has 0 bridgehead atoms. The molecule has 1 atom stereocenters. The maximum Gasteiger partial charge on any atom is 0.239 e. The highest BCUT2D eigenvalue weighted by Gasteiger charge is 2.27. The minimum absolute atomic E-state index is 0.0191. The Morgan fingerprint density at radius 3 is 2.61 bits per heavy atom. The Morgan fingerprint density at radius 1 is 1.33 bits per heavy atom. The summed E-state index contributed by atoms with van der Waals surface area (Å²) in [5.74, 6) is -2.66. The minimum atomic E-state index is -1.01. The number of hydrogen-bond donors (Lipinski definition) is 2. The van der Waals surface area contributed by atoms with Gasteiger partial charge in [-0.25, -0.2) is 8.78 Å². The Balaban J connectivity index is 2.23. The number of rotatable bonds is 4. The van der Waals surface area contributed by atoms with E-state index in [4.69, 9.17) is 5.73 Å². The van der Waals surface area contributed by atoms with Crippen LogP contribution in [0.5, 0.6) is 0 Å². The van der Waals surface area contributed by atoms with Gasteiger partial charge >= 0.3 is 0 Å². The molecule has 0 aromatic heterocycles. The van der Waals surface area contributed by atoms with Gasteiger partial charge < -0.3 is 5.73 Å². The van der Waals surface area contributed by atoms with Gasteiger partial charge in [0.25, 0.3) is 0 Å². The summed E-state index contributed by atoms with van der Waals surface area (Å²) >= 11 is 0. The molecule has 0 radical (unpaired) electrons. The number of primary amides is 1. The van der Waals surface area contributed by atoms with Crippen LogP contribution in [-0.4, -0.2) is 11.9 Å². The molecule has 1 unspecified atom stereocenters. The molecular weight excluding hydrogens is 238 g/mol. The van der Waals surface area contributed by atoms with E-state index in [1.165, 1.54) is 12.1 Å². The van der Waals surface area contributed by atoms with Crippen LogP contribution in [0.4, 0.5) is 8.78 Å². The average molecular weight is 254 g/mol. The van der Waals surface area contributed by atoms with Crippen molar-refractivity contribution in [1.82, 2.24) is 5.32 Å². The van der Waals surface area contributed by atoms with Gasteiger partial charge in [0.05, 0.1) is 0 Å². The number of carbonyl (C=O) groups is 1. The Bertz CT molecular complexity index is 445. The van der Waals surface area contributed by atoms with E-state index in [9.17, 15) is 13.6 Å². The van der Waals surface area contributed by atoms with Crippen LogP contribution in [0.2, 0.25) is 0 Å². The molecule has 0 aliphatic heterocycles. The third-order valence-electron chi connectivity index (χ3n) is 3.33. The zero-order chi connectivity index (χ0) is 13.1. The van der Waals surface area contributed by atoms with Gasteiger partial charge in [-0.1, -0.05) is 25.0 Å². The lowest BCUT2D eigenvalue weighted by atomic mass is 10.0. The zero-order valence-electron chi connectivity index (χ0n) is 9.96. The topological polar surface area (TPSA) is 55.1 Å². The summed E-state index contributed by atoms with van der Waals surface area (Å²) in [5, 5.41) is 3.02. The Kier molecular flexibility index (Phi) is 3.91. The number of benzene rings is 1. The number of nitrogens with two attached hydrogens (primary N) is 1. The highest BCUT2D eigenvalue weighted by atomic mass is 19.2. The van der Waals surface area contributed by atoms with E-state index < -0.39 is 23.6 Å². The number of carbonyl (C=O) groups excluding carboxylic acids is 1. The van der Waals surface area contributed by atoms with Gasteiger partial charge in [0.1, 0.15) is 6.04 Å². The molecule has 1 saturated carbocycles. The fourth-order valence-electron chi connectivity index (χ4n) is 2.40. The van der Waals surface area contributed by atoms with Crippen LogP contribution < -0.4 is 11.1 Å². The zero-order valence-corrected chi connectivity index (χ0v) is 9.96. The molecule has 1 aliphatic carbocycles. The van der Waals surface area contributed by atoms with Crippen molar-refractivity contribution in [2.24, 2.45) is 5.73 Å². The van der Waals surface area contributed by atoms with Crippen LogP contribution in [0.15, 0.2) is 18.2 Å². The van der Waals surface area contributed by atoms with Gasteiger partial charge in [0, 0.05) is 11.6 Å². The third kappa shape index (κ3) is 2.67. The molecule has 18 heavy (non-hydrogen) atoms. The Morgan fingerprint density at radius 2 is 2.00 bits per heavy atom. The molecule has 1 aliphatic rings. The molecule has 0 heterocycles. The van der Waals surface area contributed by atoms with Gasteiger partial charge in [-0.05, 0) is 18.9 Å². The number of halogens is 2. The predicted molar refractivity (Wildman–Crippen MR) is 63.7 cm³/mol. The fraction of sp³-hybridized carbons (Fsp3) is 0.462. The van der Waals surface area contributed by atoms with E-state index in [0.717, 1.165) is 31.7 Å². The first-order valence-corrected chi connectivity index (χ1v) is 6.09. The van der Waals surface area contributed by atoms with Gasteiger partial charge in [0.15, 0.2) is 11.6 Å².